The number of thiazole rings is 1. The molecule has 0 spiro atoms. The number of para-hydroxylation sites is 1. The van der Waals surface area contributed by atoms with Crippen molar-refractivity contribution < 1.29 is 14.4 Å². The highest BCUT2D eigenvalue weighted by Gasteiger charge is 2.32. The minimum atomic E-state index is -0.313. The van der Waals surface area contributed by atoms with Crippen molar-refractivity contribution in [3.8, 4) is 0 Å². The van der Waals surface area contributed by atoms with E-state index >= 15 is 0 Å². The Labute approximate surface area is 195 Å². The summed E-state index contributed by atoms with van der Waals surface area (Å²) in [5, 5.41) is 4.09. The quantitative estimate of drug-likeness (QED) is 0.368. The lowest BCUT2D eigenvalue weighted by Gasteiger charge is -2.27. The monoisotopic (exact) mass is 455 g/mol. The van der Waals surface area contributed by atoms with Crippen LogP contribution in [0.2, 0.25) is 0 Å². The van der Waals surface area contributed by atoms with E-state index in [-0.39, 0.29) is 30.7 Å². The van der Waals surface area contributed by atoms with Gasteiger partial charge in [0.25, 0.3) is 11.8 Å². The normalized spacial score (nSPS) is 12.9. The number of aromatic nitrogens is 1. The lowest BCUT2D eigenvalue weighted by Crippen LogP contribution is -2.41. The van der Waals surface area contributed by atoms with Crippen LogP contribution in [0.5, 0.6) is 0 Å². The van der Waals surface area contributed by atoms with E-state index in [9.17, 15) is 14.4 Å². The molecule has 0 bridgehead atoms. The number of amides is 3. The zero-order valence-corrected chi connectivity index (χ0v) is 18.8. The molecule has 0 atom stereocenters. The van der Waals surface area contributed by atoms with Crippen LogP contribution >= 0.6 is 11.3 Å². The van der Waals surface area contributed by atoms with Gasteiger partial charge in [-0.1, -0.05) is 42.5 Å². The van der Waals surface area contributed by atoms with Gasteiger partial charge in [-0.25, -0.2) is 4.98 Å². The maximum atomic E-state index is 13.2. The first-order valence-corrected chi connectivity index (χ1v) is 11.6. The minimum absolute atomic E-state index is 0.130. The summed E-state index contributed by atoms with van der Waals surface area (Å²) in [5.41, 5.74) is 2.64. The maximum absolute atomic E-state index is 13.2. The molecule has 3 aromatic carbocycles. The average Bonchev–Trinajstić information content (AvgIpc) is 3.26. The molecule has 0 saturated carbocycles. The fraction of sp³-hybridized carbons (Fsp3) is 0.154. The largest absolute Gasteiger partial charge is 0.274 e. The zero-order chi connectivity index (χ0) is 22.9. The Hall–Kier alpha value is -3.84. The summed E-state index contributed by atoms with van der Waals surface area (Å²) in [6.45, 7) is 2.06. The molecule has 0 aliphatic carbocycles. The molecular weight excluding hydrogens is 434 g/mol. The summed E-state index contributed by atoms with van der Waals surface area (Å²) in [5.74, 6) is -0.755. The van der Waals surface area contributed by atoms with Crippen molar-refractivity contribution in [3.63, 3.8) is 0 Å². The SMILES string of the molecule is Cc1csc(N(C(=O)CCCN2C(=O)c3cccc4cccc(c34)C2=O)c2ccccc2)n1. The Morgan fingerprint density at radius 2 is 1.61 bits per heavy atom. The number of carbonyl (C=O) groups is 3. The number of rotatable bonds is 6. The number of nitrogens with zero attached hydrogens (tertiary/aromatic N) is 3. The van der Waals surface area contributed by atoms with E-state index in [0.29, 0.717) is 28.1 Å². The van der Waals surface area contributed by atoms with Gasteiger partial charge in [0.1, 0.15) is 0 Å². The van der Waals surface area contributed by atoms with E-state index in [1.54, 1.807) is 17.0 Å². The second kappa shape index (κ2) is 8.60. The van der Waals surface area contributed by atoms with Crippen LogP contribution in [0.1, 0.15) is 39.3 Å². The first-order valence-electron chi connectivity index (χ1n) is 10.7. The van der Waals surface area contributed by atoms with Gasteiger partial charge in [0.05, 0.1) is 11.4 Å². The molecule has 6 nitrogen and oxygen atoms in total. The molecule has 33 heavy (non-hydrogen) atoms. The van der Waals surface area contributed by atoms with Crippen LogP contribution in [0.15, 0.2) is 72.1 Å². The van der Waals surface area contributed by atoms with Gasteiger partial charge in [-0.05, 0) is 43.0 Å². The molecule has 3 amide bonds. The van der Waals surface area contributed by atoms with Crippen molar-refractivity contribution in [2.45, 2.75) is 19.8 Å². The van der Waals surface area contributed by atoms with Crippen molar-refractivity contribution >= 4 is 50.6 Å². The Balaban J connectivity index is 1.34. The molecule has 5 rings (SSSR count). The summed E-state index contributed by atoms with van der Waals surface area (Å²) in [6, 6.07) is 20.3. The Morgan fingerprint density at radius 1 is 0.939 bits per heavy atom. The van der Waals surface area contributed by atoms with Crippen LogP contribution in [0.3, 0.4) is 0 Å². The number of benzene rings is 3. The maximum Gasteiger partial charge on any atom is 0.261 e. The highest BCUT2D eigenvalue weighted by Crippen LogP contribution is 2.31. The van der Waals surface area contributed by atoms with Crippen LogP contribution in [0.25, 0.3) is 10.8 Å². The van der Waals surface area contributed by atoms with E-state index in [1.165, 1.54) is 16.2 Å². The van der Waals surface area contributed by atoms with Crippen LogP contribution < -0.4 is 4.90 Å². The van der Waals surface area contributed by atoms with E-state index in [1.807, 2.05) is 66.9 Å². The standard InChI is InChI=1S/C26H21N3O3S/c1-17-16-33-26(27-17)29(19-10-3-2-4-11-19)22(30)14-7-15-28-24(31)20-12-5-8-18-9-6-13-21(23(18)20)25(28)32/h2-6,8-13,16H,7,14-15H2,1H3. The highest BCUT2D eigenvalue weighted by molar-refractivity contribution is 7.14. The predicted molar refractivity (Wildman–Crippen MR) is 129 cm³/mol. The summed E-state index contributed by atoms with van der Waals surface area (Å²) in [7, 11) is 0. The van der Waals surface area contributed by atoms with Crippen LogP contribution in [0.4, 0.5) is 10.8 Å². The Bertz CT molecular complexity index is 1330. The fourth-order valence-corrected chi connectivity index (χ4v) is 5.00. The number of hydrogen-bond acceptors (Lipinski definition) is 5. The molecule has 1 aromatic heterocycles. The Morgan fingerprint density at radius 3 is 2.21 bits per heavy atom. The van der Waals surface area contributed by atoms with Crippen LogP contribution in [-0.4, -0.2) is 34.2 Å². The van der Waals surface area contributed by atoms with E-state index in [0.717, 1.165) is 16.8 Å². The first-order chi connectivity index (χ1) is 16.0. The predicted octanol–water partition coefficient (Wildman–Crippen LogP) is 5.35. The molecule has 4 aromatic rings. The third-order valence-corrected chi connectivity index (χ3v) is 6.63. The number of imide groups is 1. The van der Waals surface area contributed by atoms with Crippen molar-refractivity contribution in [1.82, 2.24) is 9.88 Å². The number of carbonyl (C=O) groups excluding carboxylic acids is 3. The van der Waals surface area contributed by atoms with Gasteiger partial charge < -0.3 is 0 Å². The van der Waals surface area contributed by atoms with Gasteiger partial charge in [0.15, 0.2) is 5.13 Å². The van der Waals surface area contributed by atoms with Crippen LogP contribution in [0, 0.1) is 6.92 Å². The minimum Gasteiger partial charge on any atom is -0.274 e. The molecular formula is C26H21N3O3S. The summed E-state index contributed by atoms with van der Waals surface area (Å²) < 4.78 is 0. The van der Waals surface area contributed by atoms with Gasteiger partial charge in [0, 0.05) is 34.9 Å². The second-order valence-corrected chi connectivity index (χ2v) is 8.75. The van der Waals surface area contributed by atoms with Crippen LogP contribution in [-0.2, 0) is 4.79 Å². The number of aryl methyl sites for hydroxylation is 1. The molecule has 1 aliphatic heterocycles. The number of anilines is 2. The molecule has 0 fully saturated rings. The summed E-state index contributed by atoms with van der Waals surface area (Å²) >= 11 is 1.41. The zero-order valence-electron chi connectivity index (χ0n) is 18.0. The van der Waals surface area contributed by atoms with Gasteiger partial charge in [0.2, 0.25) is 5.91 Å². The lowest BCUT2D eigenvalue weighted by molar-refractivity contribution is -0.118. The summed E-state index contributed by atoms with van der Waals surface area (Å²) in [4.78, 5) is 46.7. The van der Waals surface area contributed by atoms with E-state index < -0.39 is 0 Å². The van der Waals surface area contributed by atoms with Crippen molar-refractivity contribution in [2.24, 2.45) is 0 Å². The second-order valence-electron chi connectivity index (χ2n) is 7.91. The molecule has 2 heterocycles. The van der Waals surface area contributed by atoms with Gasteiger partial charge in [-0.15, -0.1) is 11.3 Å². The third-order valence-electron chi connectivity index (χ3n) is 5.69. The molecule has 164 valence electrons. The average molecular weight is 456 g/mol. The fourth-order valence-electron chi connectivity index (χ4n) is 4.17. The van der Waals surface area contributed by atoms with Gasteiger partial charge in [-0.3, -0.25) is 24.2 Å². The van der Waals surface area contributed by atoms with Crippen molar-refractivity contribution in [3.05, 3.63) is 88.9 Å². The highest BCUT2D eigenvalue weighted by atomic mass is 32.1. The molecule has 0 N–H and O–H groups in total. The van der Waals surface area contributed by atoms with E-state index in [4.69, 9.17) is 0 Å². The first kappa shape index (κ1) is 21.0. The Kier molecular flexibility index (Phi) is 5.48. The molecule has 0 radical (unpaired) electrons. The topological polar surface area (TPSA) is 70.6 Å². The molecule has 0 saturated heterocycles. The molecule has 7 heteroatoms. The molecule has 0 unspecified atom stereocenters. The number of hydrogen-bond donors (Lipinski definition) is 0. The lowest BCUT2D eigenvalue weighted by atomic mass is 9.94. The van der Waals surface area contributed by atoms with Gasteiger partial charge >= 0.3 is 0 Å². The van der Waals surface area contributed by atoms with Gasteiger partial charge in [-0.2, -0.15) is 0 Å². The van der Waals surface area contributed by atoms with Crippen molar-refractivity contribution in [1.29, 1.82) is 0 Å². The third kappa shape index (κ3) is 3.81. The smallest absolute Gasteiger partial charge is 0.261 e. The van der Waals surface area contributed by atoms with Crippen molar-refractivity contribution in [2.75, 3.05) is 11.4 Å². The summed E-state index contributed by atoms with van der Waals surface area (Å²) in [6.07, 6.45) is 0.540. The van der Waals surface area contributed by atoms with E-state index in [2.05, 4.69) is 4.98 Å². The molecule has 1 aliphatic rings.